The predicted octanol–water partition coefficient (Wildman–Crippen LogP) is 0.857. The van der Waals surface area contributed by atoms with Gasteiger partial charge in [-0.25, -0.2) is 0 Å². The number of rotatable bonds is 2. The molecule has 0 aromatic rings. The predicted molar refractivity (Wildman–Crippen MR) is 54.8 cm³/mol. The van der Waals surface area contributed by atoms with Crippen LogP contribution >= 0.6 is 0 Å². The van der Waals surface area contributed by atoms with Crippen LogP contribution in [0.5, 0.6) is 0 Å². The van der Waals surface area contributed by atoms with Crippen LogP contribution in [0, 0.1) is 0 Å². The van der Waals surface area contributed by atoms with Crippen LogP contribution in [0.25, 0.3) is 0 Å². The first-order chi connectivity index (χ1) is 7.33. The molecule has 2 saturated heterocycles. The van der Waals surface area contributed by atoms with Gasteiger partial charge in [0.25, 0.3) is 0 Å². The number of hydrogen-bond acceptors (Lipinski definition) is 5. The third kappa shape index (κ3) is 2.27. The second-order valence-corrected chi connectivity index (χ2v) is 5.07. The topological polar surface area (TPSA) is 54.0 Å². The number of ether oxygens (including phenoxy) is 4. The Morgan fingerprint density at radius 3 is 2.25 bits per heavy atom. The van der Waals surface area contributed by atoms with Gasteiger partial charge in [-0.2, -0.15) is 0 Å². The lowest BCUT2D eigenvalue weighted by molar-refractivity contribution is -0.174. The summed E-state index contributed by atoms with van der Waals surface area (Å²) in [6.45, 7) is 7.66. The van der Waals surface area contributed by atoms with Crippen LogP contribution in [-0.2, 0) is 23.7 Å². The standard InChI is InChI=1S/C11H18O5/c1-10(2)13-6-8(15-10)9-7(5-12)14-11(3,4)16-9/h5,7-9H,6H2,1-4H3/t7-,8+,9-/m1/s1. The molecule has 0 amide bonds. The molecule has 2 fully saturated rings. The van der Waals surface area contributed by atoms with Gasteiger partial charge < -0.3 is 23.7 Å². The van der Waals surface area contributed by atoms with E-state index in [1.165, 1.54) is 0 Å². The Morgan fingerprint density at radius 2 is 1.75 bits per heavy atom. The molecule has 3 atom stereocenters. The lowest BCUT2D eigenvalue weighted by Gasteiger charge is -2.22. The Labute approximate surface area is 95.0 Å². The Hall–Kier alpha value is -0.490. The highest BCUT2D eigenvalue weighted by Gasteiger charge is 2.49. The van der Waals surface area contributed by atoms with Crippen LogP contribution < -0.4 is 0 Å². The second-order valence-electron chi connectivity index (χ2n) is 5.07. The molecule has 16 heavy (non-hydrogen) atoms. The highest BCUT2D eigenvalue weighted by Crippen LogP contribution is 2.34. The highest BCUT2D eigenvalue weighted by atomic mass is 16.8. The van der Waals surface area contributed by atoms with E-state index in [1.807, 2.05) is 13.8 Å². The maximum absolute atomic E-state index is 10.9. The summed E-state index contributed by atoms with van der Waals surface area (Å²) in [6, 6.07) is 0. The molecule has 92 valence electrons. The third-order valence-electron chi connectivity index (χ3n) is 2.69. The van der Waals surface area contributed by atoms with Gasteiger partial charge in [0.15, 0.2) is 17.9 Å². The number of aldehydes is 1. The Balaban J connectivity index is 2.07. The fourth-order valence-corrected chi connectivity index (χ4v) is 2.09. The smallest absolute Gasteiger partial charge is 0.164 e. The summed E-state index contributed by atoms with van der Waals surface area (Å²) >= 11 is 0. The molecule has 0 saturated carbocycles. The lowest BCUT2D eigenvalue weighted by Crippen LogP contribution is -2.38. The second kappa shape index (κ2) is 3.77. The molecular weight excluding hydrogens is 212 g/mol. The van der Waals surface area contributed by atoms with E-state index in [-0.39, 0.29) is 6.10 Å². The normalized spacial score (nSPS) is 41.1. The van der Waals surface area contributed by atoms with Crippen molar-refractivity contribution in [3.8, 4) is 0 Å². The minimum absolute atomic E-state index is 0.257. The summed E-state index contributed by atoms with van der Waals surface area (Å²) in [4.78, 5) is 10.9. The molecule has 0 aromatic heterocycles. The molecule has 2 rings (SSSR count). The lowest BCUT2D eigenvalue weighted by atomic mass is 10.1. The Bertz CT molecular complexity index is 286. The van der Waals surface area contributed by atoms with E-state index in [0.29, 0.717) is 6.61 Å². The van der Waals surface area contributed by atoms with E-state index in [2.05, 4.69) is 0 Å². The molecule has 0 N–H and O–H groups in total. The third-order valence-corrected chi connectivity index (χ3v) is 2.69. The fraction of sp³-hybridized carbons (Fsp3) is 0.909. The average Bonchev–Trinajstić information content (AvgIpc) is 2.65. The SMILES string of the molecule is CC1(C)OC[C@@H]([C@@H]2OC(C)(C)O[C@@H]2C=O)O1. The summed E-state index contributed by atoms with van der Waals surface area (Å²) in [5, 5.41) is 0. The van der Waals surface area contributed by atoms with Crippen molar-refractivity contribution in [1.29, 1.82) is 0 Å². The molecular formula is C11H18O5. The highest BCUT2D eigenvalue weighted by molar-refractivity contribution is 5.58. The van der Waals surface area contributed by atoms with Crippen LogP contribution in [0.15, 0.2) is 0 Å². The van der Waals surface area contributed by atoms with E-state index in [4.69, 9.17) is 18.9 Å². The van der Waals surface area contributed by atoms with Crippen molar-refractivity contribution in [2.45, 2.75) is 57.6 Å². The molecule has 0 radical (unpaired) electrons. The van der Waals surface area contributed by atoms with Crippen LogP contribution in [0.1, 0.15) is 27.7 Å². The molecule has 0 spiro atoms. The van der Waals surface area contributed by atoms with Crippen molar-refractivity contribution in [3.05, 3.63) is 0 Å². The average molecular weight is 230 g/mol. The van der Waals surface area contributed by atoms with E-state index < -0.39 is 23.8 Å². The largest absolute Gasteiger partial charge is 0.348 e. The first-order valence-electron chi connectivity index (χ1n) is 5.46. The molecule has 2 aliphatic heterocycles. The molecule has 5 nitrogen and oxygen atoms in total. The zero-order chi connectivity index (χ0) is 12.0. The molecule has 2 heterocycles. The fourth-order valence-electron chi connectivity index (χ4n) is 2.09. The quantitative estimate of drug-likeness (QED) is 0.658. The maximum Gasteiger partial charge on any atom is 0.164 e. The summed E-state index contributed by atoms with van der Waals surface area (Å²) in [7, 11) is 0. The van der Waals surface area contributed by atoms with Crippen LogP contribution in [0.2, 0.25) is 0 Å². The first-order valence-corrected chi connectivity index (χ1v) is 5.46. The zero-order valence-corrected chi connectivity index (χ0v) is 10.1. The van der Waals surface area contributed by atoms with E-state index in [9.17, 15) is 4.79 Å². The van der Waals surface area contributed by atoms with Crippen molar-refractivity contribution in [2.75, 3.05) is 6.61 Å². The van der Waals surface area contributed by atoms with Gasteiger partial charge in [-0.3, -0.25) is 0 Å². The molecule has 0 aromatic carbocycles. The summed E-state index contributed by atoms with van der Waals surface area (Å²) in [5.41, 5.74) is 0. The van der Waals surface area contributed by atoms with Crippen LogP contribution in [0.3, 0.4) is 0 Å². The Kier molecular flexibility index (Phi) is 2.82. The summed E-state index contributed by atoms with van der Waals surface area (Å²) in [5.74, 6) is -1.36. The number of carbonyl (C=O) groups is 1. The Morgan fingerprint density at radius 1 is 1.06 bits per heavy atom. The monoisotopic (exact) mass is 230 g/mol. The van der Waals surface area contributed by atoms with Crippen molar-refractivity contribution in [3.63, 3.8) is 0 Å². The van der Waals surface area contributed by atoms with Gasteiger partial charge in [0.1, 0.15) is 18.3 Å². The molecule has 0 aliphatic carbocycles. The van der Waals surface area contributed by atoms with Gasteiger partial charge in [0.2, 0.25) is 0 Å². The minimum atomic E-state index is -0.744. The maximum atomic E-state index is 10.9. The first kappa shape index (κ1) is 12.0. The number of hydrogen-bond donors (Lipinski definition) is 0. The summed E-state index contributed by atoms with van der Waals surface area (Å²) in [6.07, 6.45) is -0.479. The number of carbonyl (C=O) groups excluding carboxylic acids is 1. The van der Waals surface area contributed by atoms with E-state index in [0.717, 1.165) is 6.29 Å². The van der Waals surface area contributed by atoms with Gasteiger partial charge in [0, 0.05) is 0 Å². The molecule has 0 bridgehead atoms. The zero-order valence-electron chi connectivity index (χ0n) is 10.1. The van der Waals surface area contributed by atoms with Crippen molar-refractivity contribution >= 4 is 6.29 Å². The van der Waals surface area contributed by atoms with Crippen molar-refractivity contribution in [1.82, 2.24) is 0 Å². The van der Waals surface area contributed by atoms with Crippen molar-refractivity contribution < 1.29 is 23.7 Å². The van der Waals surface area contributed by atoms with Gasteiger partial charge in [0.05, 0.1) is 6.61 Å². The van der Waals surface area contributed by atoms with E-state index >= 15 is 0 Å². The van der Waals surface area contributed by atoms with Crippen LogP contribution in [0.4, 0.5) is 0 Å². The van der Waals surface area contributed by atoms with Gasteiger partial charge in [-0.1, -0.05) is 0 Å². The van der Waals surface area contributed by atoms with E-state index in [1.54, 1.807) is 13.8 Å². The van der Waals surface area contributed by atoms with Gasteiger partial charge >= 0.3 is 0 Å². The van der Waals surface area contributed by atoms with Gasteiger partial charge in [-0.05, 0) is 27.7 Å². The minimum Gasteiger partial charge on any atom is -0.348 e. The summed E-state index contributed by atoms with van der Waals surface area (Å²) < 4.78 is 22.3. The van der Waals surface area contributed by atoms with Gasteiger partial charge in [-0.15, -0.1) is 0 Å². The molecule has 2 aliphatic rings. The molecule has 5 heteroatoms. The van der Waals surface area contributed by atoms with Crippen LogP contribution in [-0.4, -0.2) is 42.8 Å². The van der Waals surface area contributed by atoms with Crippen molar-refractivity contribution in [2.24, 2.45) is 0 Å². The molecule has 0 unspecified atom stereocenters.